The van der Waals surface area contributed by atoms with Crippen LogP contribution in [0.4, 0.5) is 13.2 Å². The molecule has 33 heavy (non-hydrogen) atoms. The molecular formula is C19H19ClF3N5O5. The van der Waals surface area contributed by atoms with E-state index >= 15 is 0 Å². The fourth-order valence-electron chi connectivity index (χ4n) is 2.85. The monoisotopic (exact) mass is 489 g/mol. The number of imidazole rings is 1. The van der Waals surface area contributed by atoms with Gasteiger partial charge in [-0.2, -0.15) is 18.2 Å². The molecule has 1 aliphatic rings. The largest absolute Gasteiger partial charge is 0.493 e. The number of ether oxygens (including phenoxy) is 2. The molecule has 0 atom stereocenters. The van der Waals surface area contributed by atoms with Gasteiger partial charge in [0.15, 0.2) is 11.5 Å². The summed E-state index contributed by atoms with van der Waals surface area (Å²) in [4.78, 5) is 21.3. The Kier molecular flexibility index (Phi) is 7.12. The summed E-state index contributed by atoms with van der Waals surface area (Å²) in [5, 5.41) is 14.8. The van der Waals surface area contributed by atoms with Crippen LogP contribution in [0.2, 0.25) is 5.02 Å². The Morgan fingerprint density at radius 2 is 1.91 bits per heavy atom. The van der Waals surface area contributed by atoms with Crippen molar-refractivity contribution in [3.8, 4) is 34.5 Å². The number of benzene rings is 1. The molecule has 0 saturated carbocycles. The van der Waals surface area contributed by atoms with Crippen molar-refractivity contribution >= 4 is 17.6 Å². The smallest absolute Gasteiger partial charge is 0.490 e. The molecule has 10 nitrogen and oxygen atoms in total. The van der Waals surface area contributed by atoms with E-state index in [0.717, 1.165) is 24.6 Å². The molecule has 3 aromatic rings. The van der Waals surface area contributed by atoms with Crippen molar-refractivity contribution in [2.75, 3.05) is 27.3 Å². The summed E-state index contributed by atoms with van der Waals surface area (Å²) < 4.78 is 47.7. The lowest BCUT2D eigenvalue weighted by Gasteiger charge is -2.24. The molecule has 4 rings (SSSR count). The first-order valence-corrected chi connectivity index (χ1v) is 9.76. The molecule has 0 unspecified atom stereocenters. The van der Waals surface area contributed by atoms with Gasteiger partial charge in [0.25, 0.3) is 5.89 Å². The zero-order valence-electron chi connectivity index (χ0n) is 17.6. The van der Waals surface area contributed by atoms with Gasteiger partial charge < -0.3 is 29.4 Å². The number of carbonyl (C=O) groups is 1. The first-order valence-electron chi connectivity index (χ1n) is 9.38. The molecule has 3 N–H and O–H groups in total. The lowest BCUT2D eigenvalue weighted by Crippen LogP contribution is -2.40. The van der Waals surface area contributed by atoms with Gasteiger partial charge in [-0.3, -0.25) is 0 Å². The maximum Gasteiger partial charge on any atom is 0.490 e. The Balaban J connectivity index is 0.000000383. The molecule has 1 aromatic carbocycles. The summed E-state index contributed by atoms with van der Waals surface area (Å²) in [6.45, 7) is 3.78. The van der Waals surface area contributed by atoms with Crippen molar-refractivity contribution in [1.29, 1.82) is 0 Å². The summed E-state index contributed by atoms with van der Waals surface area (Å²) in [6, 6.07) is 3.46. The van der Waals surface area contributed by atoms with Crippen molar-refractivity contribution in [2.24, 2.45) is 0 Å². The van der Waals surface area contributed by atoms with E-state index in [9.17, 15) is 13.2 Å². The average molecular weight is 490 g/mol. The van der Waals surface area contributed by atoms with Gasteiger partial charge in [-0.05, 0) is 19.1 Å². The first kappa shape index (κ1) is 24.3. The number of aromatic nitrogens is 4. The minimum atomic E-state index is -5.08. The number of hydrogen-bond acceptors (Lipinski definition) is 8. The highest BCUT2D eigenvalue weighted by Gasteiger charge is 2.38. The third kappa shape index (κ3) is 5.37. The minimum Gasteiger partial charge on any atom is -0.493 e. The molecule has 0 aliphatic carbocycles. The zero-order chi connectivity index (χ0) is 24.3. The molecule has 1 aliphatic heterocycles. The van der Waals surface area contributed by atoms with Gasteiger partial charge in [0.1, 0.15) is 11.5 Å². The van der Waals surface area contributed by atoms with E-state index in [1.807, 2.05) is 6.92 Å². The van der Waals surface area contributed by atoms with Crippen LogP contribution in [0.5, 0.6) is 11.5 Å². The summed E-state index contributed by atoms with van der Waals surface area (Å²) in [5.74, 6) is 0.295. The third-order valence-corrected chi connectivity index (χ3v) is 4.91. The highest BCUT2D eigenvalue weighted by Crippen LogP contribution is 2.39. The number of aliphatic carboxylic acids is 1. The summed E-state index contributed by atoms with van der Waals surface area (Å²) in [7, 11) is 3.08. The third-order valence-electron chi connectivity index (χ3n) is 4.63. The number of aryl methyl sites for hydroxylation is 1. The van der Waals surface area contributed by atoms with Crippen molar-refractivity contribution in [1.82, 2.24) is 25.4 Å². The maximum absolute atomic E-state index is 10.6. The van der Waals surface area contributed by atoms with Crippen LogP contribution < -0.4 is 14.8 Å². The lowest BCUT2D eigenvalue weighted by molar-refractivity contribution is -0.192. The molecule has 1 fully saturated rings. The van der Waals surface area contributed by atoms with E-state index in [2.05, 4.69) is 25.4 Å². The van der Waals surface area contributed by atoms with Gasteiger partial charge in [-0.1, -0.05) is 16.8 Å². The summed E-state index contributed by atoms with van der Waals surface area (Å²) in [6.07, 6.45) is -5.08. The van der Waals surface area contributed by atoms with E-state index in [1.54, 1.807) is 19.2 Å². The van der Waals surface area contributed by atoms with E-state index in [0.29, 0.717) is 45.4 Å². The molecule has 0 spiro atoms. The number of alkyl halides is 3. The van der Waals surface area contributed by atoms with Crippen LogP contribution in [0.1, 0.15) is 17.4 Å². The van der Waals surface area contributed by atoms with Gasteiger partial charge in [0.2, 0.25) is 5.82 Å². The Hall–Kier alpha value is -3.32. The van der Waals surface area contributed by atoms with Crippen LogP contribution in [0.3, 0.4) is 0 Å². The molecule has 3 heterocycles. The van der Waals surface area contributed by atoms with Gasteiger partial charge >= 0.3 is 12.1 Å². The van der Waals surface area contributed by atoms with Gasteiger partial charge in [-0.15, -0.1) is 0 Å². The van der Waals surface area contributed by atoms with E-state index < -0.39 is 12.1 Å². The van der Waals surface area contributed by atoms with Crippen molar-refractivity contribution in [3.63, 3.8) is 0 Å². The van der Waals surface area contributed by atoms with Crippen molar-refractivity contribution < 1.29 is 37.1 Å². The normalized spacial score (nSPS) is 13.7. The summed E-state index contributed by atoms with van der Waals surface area (Å²) >= 11 is 6.26. The molecule has 1 saturated heterocycles. The number of aromatic amines is 1. The van der Waals surface area contributed by atoms with Crippen LogP contribution in [-0.4, -0.2) is 64.7 Å². The molecule has 0 radical (unpaired) electrons. The highest BCUT2D eigenvalue weighted by molar-refractivity contribution is 6.32. The van der Waals surface area contributed by atoms with E-state index in [-0.39, 0.29) is 0 Å². The van der Waals surface area contributed by atoms with Crippen LogP contribution in [0.15, 0.2) is 16.7 Å². The number of carboxylic acids is 1. The first-order chi connectivity index (χ1) is 15.5. The van der Waals surface area contributed by atoms with Gasteiger partial charge in [0.05, 0.1) is 19.2 Å². The second kappa shape index (κ2) is 9.67. The number of rotatable bonds is 5. The maximum atomic E-state index is 10.6. The number of nitrogens with zero attached hydrogens (tertiary/aromatic N) is 3. The second-order valence-corrected chi connectivity index (χ2v) is 7.28. The molecule has 2 aromatic heterocycles. The second-order valence-electron chi connectivity index (χ2n) is 6.87. The fraction of sp³-hybridized carbons (Fsp3) is 0.368. The Bertz CT molecular complexity index is 1140. The molecule has 0 amide bonds. The van der Waals surface area contributed by atoms with Crippen LogP contribution in [0.25, 0.3) is 23.0 Å². The lowest BCUT2D eigenvalue weighted by atomic mass is 10.0. The number of nitrogens with one attached hydrogen (secondary N) is 2. The minimum absolute atomic E-state index is 0.359. The SMILES string of the molecule is COc1cc(-c2noc(-c3nc(C4CNC4)[nH]c3C)n2)cc(Cl)c1OC.O=C(O)C(F)(F)F. The molecular weight excluding hydrogens is 471 g/mol. The number of methoxy groups -OCH3 is 2. The quantitative estimate of drug-likeness (QED) is 0.492. The zero-order valence-corrected chi connectivity index (χ0v) is 18.3. The Morgan fingerprint density at radius 1 is 1.24 bits per heavy atom. The number of H-pyrrole nitrogens is 1. The Morgan fingerprint density at radius 3 is 2.42 bits per heavy atom. The van der Waals surface area contributed by atoms with E-state index in [1.165, 1.54) is 7.11 Å². The van der Waals surface area contributed by atoms with Crippen LogP contribution >= 0.6 is 11.6 Å². The number of halogens is 4. The van der Waals surface area contributed by atoms with Crippen LogP contribution in [0, 0.1) is 6.92 Å². The standard InChI is InChI=1S/C17H18ClN5O3.C2HF3O2/c1-8-13(21-15(20-8)10-6-19-7-10)17-22-16(23-26-17)9-4-11(18)14(25-3)12(5-9)24-2;3-2(4,5)1(6)7/h4-5,10,19H,6-7H2,1-3H3,(H,20,21);(H,6,7). The van der Waals surface area contributed by atoms with Crippen molar-refractivity contribution in [3.05, 3.63) is 28.7 Å². The average Bonchev–Trinajstić information content (AvgIpc) is 3.32. The topological polar surface area (TPSA) is 135 Å². The molecule has 178 valence electrons. The number of hydrogen-bond donors (Lipinski definition) is 3. The predicted molar refractivity (Wildman–Crippen MR) is 109 cm³/mol. The Labute approximate surface area is 190 Å². The predicted octanol–water partition coefficient (Wildman–Crippen LogP) is 3.43. The van der Waals surface area contributed by atoms with Gasteiger partial charge in [0, 0.05) is 30.3 Å². The van der Waals surface area contributed by atoms with Crippen molar-refractivity contribution in [2.45, 2.75) is 19.0 Å². The highest BCUT2D eigenvalue weighted by atomic mass is 35.5. The van der Waals surface area contributed by atoms with E-state index in [4.69, 9.17) is 35.5 Å². The molecule has 14 heteroatoms. The van der Waals surface area contributed by atoms with Crippen LogP contribution in [-0.2, 0) is 4.79 Å². The van der Waals surface area contributed by atoms with Gasteiger partial charge in [-0.25, -0.2) is 9.78 Å². The summed E-state index contributed by atoms with van der Waals surface area (Å²) in [5.41, 5.74) is 2.23. The fourth-order valence-corrected chi connectivity index (χ4v) is 3.14. The molecule has 0 bridgehead atoms. The number of carboxylic acid groups (broad SMARTS) is 1.